The molecule has 132 valence electrons. The van der Waals surface area contributed by atoms with E-state index in [0.717, 1.165) is 41.0 Å². The monoisotopic (exact) mass is 358 g/mol. The quantitative estimate of drug-likeness (QED) is 0.884. The second-order valence-electron chi connectivity index (χ2n) is 7.01. The molecule has 0 spiro atoms. The lowest BCUT2D eigenvalue weighted by Gasteiger charge is -2.49. The number of amides is 2. The Kier molecular flexibility index (Phi) is 4.21. The summed E-state index contributed by atoms with van der Waals surface area (Å²) >= 11 is 1.46. The van der Waals surface area contributed by atoms with E-state index in [-0.39, 0.29) is 17.9 Å². The Labute approximate surface area is 150 Å². The smallest absolute Gasteiger partial charge is 0.270 e. The zero-order valence-corrected chi connectivity index (χ0v) is 15.2. The van der Waals surface area contributed by atoms with Crippen LogP contribution in [0.2, 0.25) is 0 Å². The molecule has 25 heavy (non-hydrogen) atoms. The molecular weight excluding hydrogens is 336 g/mol. The maximum Gasteiger partial charge on any atom is 0.270 e. The number of carbonyl (C=O) groups excluding carboxylic acids is 2. The Balaban J connectivity index is 1.52. The van der Waals surface area contributed by atoms with Crippen molar-refractivity contribution >= 4 is 38.2 Å². The number of carbonyl (C=O) groups is 2. The molecule has 0 aromatic carbocycles. The predicted molar refractivity (Wildman–Crippen MR) is 98.9 cm³/mol. The predicted octanol–water partition coefficient (Wildman–Crippen LogP) is 2.47. The van der Waals surface area contributed by atoms with E-state index in [2.05, 4.69) is 27.4 Å². The van der Waals surface area contributed by atoms with Gasteiger partial charge in [-0.15, -0.1) is 11.3 Å². The largest absolute Gasteiger partial charge is 0.346 e. The summed E-state index contributed by atoms with van der Waals surface area (Å²) in [6, 6.07) is 4.28. The molecule has 0 radical (unpaired) electrons. The molecule has 2 bridgehead atoms. The van der Waals surface area contributed by atoms with Crippen LogP contribution < -0.4 is 10.6 Å². The molecule has 3 aliphatic rings. The molecule has 5 rings (SSSR count). The van der Waals surface area contributed by atoms with Gasteiger partial charge in [-0.1, -0.05) is 0 Å². The van der Waals surface area contributed by atoms with E-state index in [4.69, 9.17) is 0 Å². The summed E-state index contributed by atoms with van der Waals surface area (Å²) in [5.74, 6) is 0.358. The topological polar surface area (TPSA) is 74.3 Å². The number of thiophene rings is 1. The first-order valence-electron chi connectivity index (χ1n) is 8.73. The van der Waals surface area contributed by atoms with Crippen LogP contribution in [0.25, 0.3) is 10.1 Å². The Bertz CT molecular complexity index is 824. The van der Waals surface area contributed by atoms with E-state index in [1.54, 1.807) is 6.20 Å². The maximum atomic E-state index is 12.7. The highest BCUT2D eigenvalue weighted by atomic mass is 32.1. The van der Waals surface area contributed by atoms with Crippen molar-refractivity contribution in [1.29, 1.82) is 0 Å². The van der Waals surface area contributed by atoms with Crippen LogP contribution in [-0.2, 0) is 4.79 Å². The van der Waals surface area contributed by atoms with Crippen molar-refractivity contribution in [2.24, 2.45) is 5.92 Å². The number of nitrogens with zero attached hydrogens (tertiary/aromatic N) is 2. The fourth-order valence-corrected chi connectivity index (χ4v) is 5.08. The average Bonchev–Trinajstić information content (AvgIpc) is 2.98. The summed E-state index contributed by atoms with van der Waals surface area (Å²) in [6.45, 7) is 5.97. The van der Waals surface area contributed by atoms with Gasteiger partial charge in [-0.2, -0.15) is 0 Å². The van der Waals surface area contributed by atoms with Gasteiger partial charge in [0.1, 0.15) is 5.69 Å². The van der Waals surface area contributed by atoms with Crippen molar-refractivity contribution in [2.75, 3.05) is 18.4 Å². The molecular formula is C18H22N4O2S. The Morgan fingerprint density at radius 1 is 1.28 bits per heavy atom. The zero-order chi connectivity index (χ0) is 17.6. The van der Waals surface area contributed by atoms with Crippen LogP contribution in [0.3, 0.4) is 0 Å². The van der Waals surface area contributed by atoms with Gasteiger partial charge in [0.25, 0.3) is 5.91 Å². The second-order valence-corrected chi connectivity index (χ2v) is 8.10. The van der Waals surface area contributed by atoms with Gasteiger partial charge in [-0.25, -0.2) is 0 Å². The lowest BCUT2D eigenvalue weighted by Crippen LogP contribution is -2.62. The minimum absolute atomic E-state index is 0.103. The number of hydrogen-bond donors (Lipinski definition) is 2. The molecule has 2 atom stereocenters. The van der Waals surface area contributed by atoms with Gasteiger partial charge in [0.05, 0.1) is 5.00 Å². The highest BCUT2D eigenvalue weighted by Gasteiger charge is 2.40. The number of piperidine rings is 3. The Morgan fingerprint density at radius 2 is 2.04 bits per heavy atom. The van der Waals surface area contributed by atoms with Crippen molar-refractivity contribution in [1.82, 2.24) is 15.2 Å². The van der Waals surface area contributed by atoms with Gasteiger partial charge in [0.15, 0.2) is 0 Å². The molecule has 0 aliphatic carbocycles. The highest BCUT2D eigenvalue weighted by molar-refractivity contribution is 7.23. The van der Waals surface area contributed by atoms with Gasteiger partial charge in [0.2, 0.25) is 5.91 Å². The van der Waals surface area contributed by atoms with Gasteiger partial charge in [-0.3, -0.25) is 19.5 Å². The molecule has 2 aromatic heterocycles. The molecule has 6 nitrogen and oxygen atoms in total. The standard InChI is InChI=1S/C18H22N4O2S/c1-10-17(12-3-5-22(10)6-4-12)21-18(24)14-8-15-13(9-19-14)7-16(25-15)20-11(2)23/h7-10,12,17H,3-6H2,1-2H3,(H,20,23)(H,21,24)/t10-,17-/m0/s1. The van der Waals surface area contributed by atoms with Crippen LogP contribution in [-0.4, -0.2) is 46.9 Å². The summed E-state index contributed by atoms with van der Waals surface area (Å²) in [6.07, 6.45) is 4.02. The summed E-state index contributed by atoms with van der Waals surface area (Å²) in [7, 11) is 0. The number of aromatic nitrogens is 1. The van der Waals surface area contributed by atoms with Gasteiger partial charge >= 0.3 is 0 Å². The van der Waals surface area contributed by atoms with Crippen LogP contribution in [0, 0.1) is 5.92 Å². The molecule has 2 aromatic rings. The molecule has 0 saturated carbocycles. The number of hydrogen-bond acceptors (Lipinski definition) is 5. The van der Waals surface area contributed by atoms with Crippen LogP contribution in [0.4, 0.5) is 5.00 Å². The minimum atomic E-state index is -0.109. The summed E-state index contributed by atoms with van der Waals surface area (Å²) in [4.78, 5) is 30.7. The van der Waals surface area contributed by atoms with Crippen molar-refractivity contribution in [3.8, 4) is 0 Å². The third kappa shape index (κ3) is 3.14. The van der Waals surface area contributed by atoms with Gasteiger partial charge in [0, 0.05) is 35.3 Å². The van der Waals surface area contributed by atoms with Gasteiger partial charge in [-0.05, 0) is 50.9 Å². The van der Waals surface area contributed by atoms with Crippen LogP contribution in [0.1, 0.15) is 37.2 Å². The molecule has 2 amide bonds. The van der Waals surface area contributed by atoms with E-state index in [1.807, 2.05) is 12.1 Å². The lowest BCUT2D eigenvalue weighted by molar-refractivity contribution is -0.114. The van der Waals surface area contributed by atoms with Crippen molar-refractivity contribution < 1.29 is 9.59 Å². The van der Waals surface area contributed by atoms with E-state index in [1.165, 1.54) is 18.3 Å². The molecule has 3 fully saturated rings. The number of nitrogens with one attached hydrogen (secondary N) is 2. The van der Waals surface area contributed by atoms with E-state index < -0.39 is 0 Å². The molecule has 2 N–H and O–H groups in total. The fourth-order valence-electron chi connectivity index (χ4n) is 4.06. The Hall–Kier alpha value is -1.99. The number of rotatable bonds is 3. The van der Waals surface area contributed by atoms with Crippen LogP contribution in [0.15, 0.2) is 18.3 Å². The summed E-state index contributed by atoms with van der Waals surface area (Å²) in [5, 5.41) is 7.69. The zero-order valence-electron chi connectivity index (χ0n) is 14.4. The number of pyridine rings is 1. The summed E-state index contributed by atoms with van der Waals surface area (Å²) in [5.41, 5.74) is 0.437. The maximum absolute atomic E-state index is 12.7. The fraction of sp³-hybridized carbons (Fsp3) is 0.500. The Morgan fingerprint density at radius 3 is 2.72 bits per heavy atom. The van der Waals surface area contributed by atoms with Gasteiger partial charge < -0.3 is 10.6 Å². The third-order valence-electron chi connectivity index (χ3n) is 5.41. The average molecular weight is 358 g/mol. The normalized spacial score (nSPS) is 28.1. The van der Waals surface area contributed by atoms with Crippen molar-refractivity contribution in [2.45, 2.75) is 38.8 Å². The molecule has 3 saturated heterocycles. The molecule has 5 heterocycles. The SMILES string of the molecule is CC(=O)Nc1cc2cnc(C(=O)N[C@@H]3C4CCN(CC4)[C@H]3C)cc2s1. The van der Waals surface area contributed by atoms with Crippen molar-refractivity contribution in [3.63, 3.8) is 0 Å². The third-order valence-corrected chi connectivity index (χ3v) is 6.42. The minimum Gasteiger partial charge on any atom is -0.346 e. The van der Waals surface area contributed by atoms with Crippen LogP contribution in [0.5, 0.6) is 0 Å². The number of anilines is 1. The van der Waals surface area contributed by atoms with E-state index in [9.17, 15) is 9.59 Å². The van der Waals surface area contributed by atoms with Crippen LogP contribution >= 0.6 is 11.3 Å². The lowest BCUT2D eigenvalue weighted by atomic mass is 9.79. The molecule has 0 unspecified atom stereocenters. The van der Waals surface area contributed by atoms with E-state index >= 15 is 0 Å². The van der Waals surface area contributed by atoms with E-state index in [0.29, 0.717) is 17.7 Å². The first-order chi connectivity index (χ1) is 12.0. The first-order valence-corrected chi connectivity index (χ1v) is 9.55. The first kappa shape index (κ1) is 16.5. The second kappa shape index (κ2) is 6.38. The summed E-state index contributed by atoms with van der Waals surface area (Å²) < 4.78 is 0.950. The number of fused-ring (bicyclic) bond motifs is 4. The molecule has 3 aliphatic heterocycles. The van der Waals surface area contributed by atoms with Crippen molar-refractivity contribution in [3.05, 3.63) is 24.0 Å². The molecule has 7 heteroatoms. The highest BCUT2D eigenvalue weighted by Crippen LogP contribution is 2.33.